The number of hydrogen-bond acceptors (Lipinski definition) is 6. The zero-order chi connectivity index (χ0) is 14.7. The zero-order valence-electron chi connectivity index (χ0n) is 10.9. The molecule has 0 radical (unpaired) electrons. The molecule has 8 nitrogen and oxygen atoms in total. The zero-order valence-corrected chi connectivity index (χ0v) is 10.9. The van der Waals surface area contributed by atoms with E-state index in [1.807, 2.05) is 13.8 Å². The maximum atomic E-state index is 11.1. The Morgan fingerprint density at radius 3 is 2.85 bits per heavy atom. The first-order valence-electron chi connectivity index (χ1n) is 5.87. The number of aromatic nitrogens is 3. The Labute approximate surface area is 114 Å². The number of nitriles is 1. The lowest BCUT2D eigenvalue weighted by Gasteiger charge is -2.05. The molecule has 102 valence electrons. The molecule has 0 saturated carbocycles. The highest BCUT2D eigenvalue weighted by atomic mass is 16.6. The molecule has 0 atom stereocenters. The highest BCUT2D eigenvalue weighted by molar-refractivity contribution is 5.69. The quantitative estimate of drug-likeness (QED) is 0.675. The van der Waals surface area contributed by atoms with Crippen LogP contribution in [0.25, 0.3) is 0 Å². The van der Waals surface area contributed by atoms with Crippen molar-refractivity contribution < 1.29 is 4.92 Å². The molecule has 0 fully saturated rings. The van der Waals surface area contributed by atoms with E-state index in [4.69, 9.17) is 5.26 Å². The third-order valence-electron chi connectivity index (χ3n) is 2.62. The summed E-state index contributed by atoms with van der Waals surface area (Å²) in [5.74, 6) is 0.0253. The van der Waals surface area contributed by atoms with E-state index >= 15 is 0 Å². The predicted octanol–water partition coefficient (Wildman–Crippen LogP) is 2.38. The van der Waals surface area contributed by atoms with Crippen LogP contribution in [0, 0.1) is 21.4 Å². The number of nitrogens with one attached hydrogen (secondary N) is 1. The summed E-state index contributed by atoms with van der Waals surface area (Å²) in [6, 6.07) is 3.27. The topological polar surface area (TPSA) is 110 Å². The first kappa shape index (κ1) is 13.5. The van der Waals surface area contributed by atoms with Gasteiger partial charge in [0.25, 0.3) is 0 Å². The van der Waals surface area contributed by atoms with Crippen molar-refractivity contribution in [3.8, 4) is 6.07 Å². The second-order valence-corrected chi connectivity index (χ2v) is 4.35. The van der Waals surface area contributed by atoms with Crippen LogP contribution in [-0.2, 0) is 0 Å². The van der Waals surface area contributed by atoms with Crippen LogP contribution in [0.15, 0.2) is 24.7 Å². The lowest BCUT2D eigenvalue weighted by atomic mass is 10.2. The molecule has 2 heterocycles. The summed E-state index contributed by atoms with van der Waals surface area (Å²) in [4.78, 5) is 14.4. The van der Waals surface area contributed by atoms with Crippen molar-refractivity contribution in [3.63, 3.8) is 0 Å². The largest absolute Gasteiger partial charge is 0.332 e. The van der Waals surface area contributed by atoms with Gasteiger partial charge < -0.3 is 5.32 Å². The fourth-order valence-corrected chi connectivity index (χ4v) is 1.64. The van der Waals surface area contributed by atoms with Crippen molar-refractivity contribution >= 4 is 17.2 Å². The van der Waals surface area contributed by atoms with Crippen molar-refractivity contribution in [2.24, 2.45) is 0 Å². The summed E-state index contributed by atoms with van der Waals surface area (Å²) < 4.78 is 1.71. The average molecular weight is 272 g/mol. The Morgan fingerprint density at radius 1 is 1.55 bits per heavy atom. The number of nitro groups is 1. The molecule has 2 aromatic rings. The van der Waals surface area contributed by atoms with E-state index in [2.05, 4.69) is 15.4 Å². The normalized spacial score (nSPS) is 10.3. The first-order chi connectivity index (χ1) is 9.52. The molecule has 20 heavy (non-hydrogen) atoms. The van der Waals surface area contributed by atoms with E-state index in [1.54, 1.807) is 23.1 Å². The van der Waals surface area contributed by atoms with Gasteiger partial charge in [-0.15, -0.1) is 0 Å². The van der Waals surface area contributed by atoms with Crippen LogP contribution in [0.4, 0.5) is 17.2 Å². The van der Waals surface area contributed by atoms with E-state index in [1.165, 1.54) is 12.3 Å². The highest BCUT2D eigenvalue weighted by Crippen LogP contribution is 2.28. The van der Waals surface area contributed by atoms with Crippen LogP contribution >= 0.6 is 0 Å². The van der Waals surface area contributed by atoms with Crippen molar-refractivity contribution in [2.45, 2.75) is 19.9 Å². The predicted molar refractivity (Wildman–Crippen MR) is 71.5 cm³/mol. The van der Waals surface area contributed by atoms with Crippen LogP contribution in [0.3, 0.4) is 0 Å². The second kappa shape index (κ2) is 5.36. The summed E-state index contributed by atoms with van der Waals surface area (Å²) in [5, 5.41) is 26.9. The molecule has 2 aromatic heterocycles. The van der Waals surface area contributed by atoms with Crippen LogP contribution in [-0.4, -0.2) is 19.7 Å². The third kappa shape index (κ3) is 2.56. The Balaban J connectivity index is 2.38. The number of anilines is 2. The summed E-state index contributed by atoms with van der Waals surface area (Å²) in [6.45, 7) is 3.93. The highest BCUT2D eigenvalue weighted by Gasteiger charge is 2.21. The molecule has 0 saturated heterocycles. The lowest BCUT2D eigenvalue weighted by Crippen LogP contribution is -2.02. The molecule has 0 amide bonds. The van der Waals surface area contributed by atoms with Gasteiger partial charge in [-0.05, 0) is 19.9 Å². The van der Waals surface area contributed by atoms with E-state index < -0.39 is 4.92 Å². The van der Waals surface area contributed by atoms with Gasteiger partial charge in [0.2, 0.25) is 5.82 Å². The number of hydrogen-bond donors (Lipinski definition) is 1. The van der Waals surface area contributed by atoms with Crippen LogP contribution in [0.1, 0.15) is 25.5 Å². The van der Waals surface area contributed by atoms with Crippen molar-refractivity contribution in [2.75, 3.05) is 5.32 Å². The molecule has 0 aromatic carbocycles. The van der Waals surface area contributed by atoms with Gasteiger partial charge in [0.1, 0.15) is 11.6 Å². The number of rotatable bonds is 4. The maximum Gasteiger partial charge on any atom is 0.329 e. The fourth-order valence-electron chi connectivity index (χ4n) is 1.64. The Bertz CT molecular complexity index is 685. The second-order valence-electron chi connectivity index (χ2n) is 4.35. The molecule has 0 unspecified atom stereocenters. The van der Waals surface area contributed by atoms with Crippen molar-refractivity contribution in [1.29, 1.82) is 5.26 Å². The van der Waals surface area contributed by atoms with Crippen LogP contribution in [0.5, 0.6) is 0 Å². The van der Waals surface area contributed by atoms with Gasteiger partial charge in [-0.2, -0.15) is 10.4 Å². The third-order valence-corrected chi connectivity index (χ3v) is 2.62. The lowest BCUT2D eigenvalue weighted by molar-refractivity contribution is -0.384. The van der Waals surface area contributed by atoms with E-state index in [9.17, 15) is 10.1 Å². The van der Waals surface area contributed by atoms with Gasteiger partial charge in [0.05, 0.1) is 16.8 Å². The minimum atomic E-state index is -0.624. The Hall–Kier alpha value is -2.95. The van der Waals surface area contributed by atoms with Gasteiger partial charge in [0, 0.05) is 18.4 Å². The first-order valence-corrected chi connectivity index (χ1v) is 5.87. The summed E-state index contributed by atoms with van der Waals surface area (Å²) in [5.41, 5.74) is 0.195. The maximum absolute atomic E-state index is 11.1. The van der Waals surface area contributed by atoms with Gasteiger partial charge in [0.15, 0.2) is 0 Å². The molecule has 1 N–H and O–H groups in total. The molecular formula is C12H12N6O2. The molecule has 0 aliphatic heterocycles. The Kier molecular flexibility index (Phi) is 3.61. The van der Waals surface area contributed by atoms with E-state index in [0.29, 0.717) is 5.69 Å². The summed E-state index contributed by atoms with van der Waals surface area (Å²) in [6.07, 6.45) is 4.61. The van der Waals surface area contributed by atoms with Gasteiger partial charge >= 0.3 is 5.69 Å². The Morgan fingerprint density at radius 2 is 2.30 bits per heavy atom. The van der Waals surface area contributed by atoms with Gasteiger partial charge in [-0.1, -0.05) is 0 Å². The van der Waals surface area contributed by atoms with E-state index in [0.717, 1.165) is 0 Å². The molecule has 0 aliphatic rings. The number of nitrogens with zero attached hydrogens (tertiary/aromatic N) is 5. The van der Waals surface area contributed by atoms with E-state index in [-0.39, 0.29) is 23.1 Å². The smallest absolute Gasteiger partial charge is 0.329 e. The monoisotopic (exact) mass is 272 g/mol. The molecule has 0 bridgehead atoms. The van der Waals surface area contributed by atoms with Crippen LogP contribution in [0.2, 0.25) is 0 Å². The minimum absolute atomic E-state index is 0.0253. The van der Waals surface area contributed by atoms with Gasteiger partial charge in [-0.3, -0.25) is 14.8 Å². The minimum Gasteiger partial charge on any atom is -0.332 e. The molecule has 0 aliphatic carbocycles. The average Bonchev–Trinajstić information content (AvgIpc) is 2.86. The fraction of sp³-hybridized carbons (Fsp3) is 0.250. The molecule has 0 spiro atoms. The molecular weight excluding hydrogens is 260 g/mol. The molecule has 2 rings (SSSR count). The summed E-state index contributed by atoms with van der Waals surface area (Å²) in [7, 11) is 0. The van der Waals surface area contributed by atoms with Crippen molar-refractivity contribution in [1.82, 2.24) is 14.8 Å². The van der Waals surface area contributed by atoms with Crippen LogP contribution < -0.4 is 5.32 Å². The number of pyridine rings is 1. The SMILES string of the molecule is CC(C)n1cc(Nc2nccc(C#N)c2[N+](=O)[O-])cn1. The summed E-state index contributed by atoms with van der Waals surface area (Å²) >= 11 is 0. The van der Waals surface area contributed by atoms with Gasteiger partial charge in [-0.25, -0.2) is 4.98 Å². The van der Waals surface area contributed by atoms with Crippen molar-refractivity contribution in [3.05, 3.63) is 40.3 Å². The molecule has 8 heteroatoms. The standard InChI is InChI=1S/C12H12N6O2/c1-8(2)17-7-10(6-15-17)16-12-11(18(19)20)9(5-13)3-4-14-12/h3-4,6-8H,1-2H3,(H,14,16).